The van der Waals surface area contributed by atoms with Gasteiger partial charge in [0.15, 0.2) is 0 Å². The lowest BCUT2D eigenvalue weighted by atomic mass is 9.84. The highest BCUT2D eigenvalue weighted by Gasteiger charge is 2.56. The number of carbonyl (C=O) groups is 2. The monoisotopic (exact) mass is 406 g/mol. The SMILES string of the molecule is Cc1cc([C@]23Cc4cccnc4C(=O)N2CCN3C(=O)c2conc2C)ccc1F. The first kappa shape index (κ1) is 18.5. The number of hydrogen-bond donors (Lipinski definition) is 0. The van der Waals surface area contributed by atoms with E-state index in [1.807, 2.05) is 6.07 Å². The molecule has 8 heteroatoms. The van der Waals surface area contributed by atoms with Gasteiger partial charge in [-0.25, -0.2) is 4.39 Å². The zero-order valence-electron chi connectivity index (χ0n) is 16.6. The third-order valence-corrected chi connectivity index (χ3v) is 6.06. The maximum atomic E-state index is 14.1. The number of rotatable bonds is 2. The van der Waals surface area contributed by atoms with Gasteiger partial charge in [0, 0.05) is 25.7 Å². The Balaban J connectivity index is 1.73. The van der Waals surface area contributed by atoms with E-state index in [9.17, 15) is 14.0 Å². The molecule has 1 fully saturated rings. The van der Waals surface area contributed by atoms with Crippen LogP contribution in [-0.4, -0.2) is 44.8 Å². The van der Waals surface area contributed by atoms with Gasteiger partial charge in [-0.3, -0.25) is 14.6 Å². The normalized spacial score (nSPS) is 20.3. The Bertz CT molecular complexity index is 1190. The lowest BCUT2D eigenvalue weighted by Crippen LogP contribution is -2.58. The summed E-state index contributed by atoms with van der Waals surface area (Å²) in [5, 5.41) is 3.82. The molecule has 152 valence electrons. The van der Waals surface area contributed by atoms with E-state index in [1.165, 1.54) is 12.3 Å². The summed E-state index contributed by atoms with van der Waals surface area (Å²) in [5.74, 6) is -0.855. The predicted octanol–water partition coefficient (Wildman–Crippen LogP) is 2.83. The summed E-state index contributed by atoms with van der Waals surface area (Å²) in [5.41, 5.74) is 2.03. The Kier molecular flexibility index (Phi) is 3.99. The second-order valence-corrected chi connectivity index (χ2v) is 7.70. The molecule has 0 unspecified atom stereocenters. The quantitative estimate of drug-likeness (QED) is 0.654. The molecule has 0 bridgehead atoms. The van der Waals surface area contributed by atoms with E-state index >= 15 is 0 Å². The molecule has 0 spiro atoms. The molecule has 0 saturated carbocycles. The van der Waals surface area contributed by atoms with Crippen molar-refractivity contribution in [3.05, 3.63) is 82.3 Å². The van der Waals surface area contributed by atoms with Crippen molar-refractivity contribution in [2.24, 2.45) is 0 Å². The molecule has 0 radical (unpaired) electrons. The smallest absolute Gasteiger partial charge is 0.274 e. The molecule has 30 heavy (non-hydrogen) atoms. The number of aromatic nitrogens is 2. The highest BCUT2D eigenvalue weighted by molar-refractivity contribution is 5.99. The number of halogens is 1. The largest absolute Gasteiger partial charge is 0.364 e. The number of pyridine rings is 1. The molecule has 5 rings (SSSR count). The second-order valence-electron chi connectivity index (χ2n) is 7.70. The van der Waals surface area contributed by atoms with Crippen LogP contribution in [0.4, 0.5) is 4.39 Å². The fourth-order valence-corrected chi connectivity index (χ4v) is 4.56. The highest BCUT2D eigenvalue weighted by atomic mass is 19.1. The van der Waals surface area contributed by atoms with Gasteiger partial charge < -0.3 is 14.3 Å². The Morgan fingerprint density at radius 2 is 2.07 bits per heavy atom. The second kappa shape index (κ2) is 6.48. The number of hydrogen-bond acceptors (Lipinski definition) is 5. The number of aryl methyl sites for hydroxylation is 2. The van der Waals surface area contributed by atoms with Crippen molar-refractivity contribution in [1.29, 1.82) is 0 Å². The Morgan fingerprint density at radius 1 is 1.23 bits per heavy atom. The third-order valence-electron chi connectivity index (χ3n) is 6.06. The molecule has 2 aliphatic heterocycles. The van der Waals surface area contributed by atoms with E-state index in [2.05, 4.69) is 10.1 Å². The van der Waals surface area contributed by atoms with Gasteiger partial charge in [-0.1, -0.05) is 17.3 Å². The van der Waals surface area contributed by atoms with Crippen molar-refractivity contribution >= 4 is 11.8 Å². The fraction of sp³-hybridized carbons (Fsp3) is 0.273. The summed E-state index contributed by atoms with van der Waals surface area (Å²) in [6.07, 6.45) is 3.28. The molecule has 4 heterocycles. The van der Waals surface area contributed by atoms with Crippen LogP contribution in [0.15, 0.2) is 47.3 Å². The number of carbonyl (C=O) groups excluding carboxylic acids is 2. The van der Waals surface area contributed by atoms with Crippen molar-refractivity contribution in [2.45, 2.75) is 25.9 Å². The number of amides is 2. The average molecular weight is 406 g/mol. The van der Waals surface area contributed by atoms with Gasteiger partial charge >= 0.3 is 0 Å². The molecule has 2 aromatic heterocycles. The van der Waals surface area contributed by atoms with Crippen LogP contribution in [0.5, 0.6) is 0 Å². The van der Waals surface area contributed by atoms with Crippen molar-refractivity contribution in [3.63, 3.8) is 0 Å². The maximum absolute atomic E-state index is 14.1. The van der Waals surface area contributed by atoms with Crippen LogP contribution in [-0.2, 0) is 12.1 Å². The van der Waals surface area contributed by atoms with Crippen molar-refractivity contribution in [2.75, 3.05) is 13.1 Å². The molecular formula is C22H19FN4O3. The lowest BCUT2D eigenvalue weighted by Gasteiger charge is -2.47. The maximum Gasteiger partial charge on any atom is 0.274 e. The summed E-state index contributed by atoms with van der Waals surface area (Å²) >= 11 is 0. The minimum atomic E-state index is -1.08. The van der Waals surface area contributed by atoms with Crippen LogP contribution in [0.2, 0.25) is 0 Å². The van der Waals surface area contributed by atoms with E-state index in [0.29, 0.717) is 47.6 Å². The highest BCUT2D eigenvalue weighted by Crippen LogP contribution is 2.45. The van der Waals surface area contributed by atoms with Gasteiger partial charge in [-0.2, -0.15) is 0 Å². The van der Waals surface area contributed by atoms with E-state index in [1.54, 1.807) is 48.0 Å². The van der Waals surface area contributed by atoms with Crippen LogP contribution in [0, 0.1) is 19.7 Å². The van der Waals surface area contributed by atoms with Crippen molar-refractivity contribution in [1.82, 2.24) is 19.9 Å². The predicted molar refractivity (Wildman–Crippen MR) is 104 cm³/mol. The van der Waals surface area contributed by atoms with Crippen molar-refractivity contribution in [3.8, 4) is 0 Å². The summed E-state index contributed by atoms with van der Waals surface area (Å²) in [6.45, 7) is 4.05. The van der Waals surface area contributed by atoms with Crippen LogP contribution in [0.1, 0.15) is 43.2 Å². The molecule has 1 atom stereocenters. The Morgan fingerprint density at radius 3 is 2.80 bits per heavy atom. The molecule has 1 saturated heterocycles. The van der Waals surface area contributed by atoms with Crippen LogP contribution in [0.25, 0.3) is 0 Å². The topological polar surface area (TPSA) is 79.5 Å². The fourth-order valence-electron chi connectivity index (χ4n) is 4.56. The van der Waals surface area contributed by atoms with E-state index in [0.717, 1.165) is 5.56 Å². The molecule has 0 N–H and O–H groups in total. The third kappa shape index (κ3) is 2.43. The van der Waals surface area contributed by atoms with Gasteiger partial charge in [0.1, 0.15) is 29.0 Å². The first-order valence-corrected chi connectivity index (χ1v) is 9.69. The number of nitrogens with zero attached hydrogens (tertiary/aromatic N) is 4. The first-order valence-electron chi connectivity index (χ1n) is 9.69. The minimum Gasteiger partial charge on any atom is -0.364 e. The Hall–Kier alpha value is -3.55. The molecule has 0 aliphatic carbocycles. The molecule has 2 aliphatic rings. The van der Waals surface area contributed by atoms with Gasteiger partial charge in [0.05, 0.1) is 5.69 Å². The zero-order chi connectivity index (χ0) is 21.0. The number of fused-ring (bicyclic) bond motifs is 2. The van der Waals surface area contributed by atoms with Gasteiger partial charge in [-0.15, -0.1) is 0 Å². The molecule has 3 aromatic rings. The van der Waals surface area contributed by atoms with Gasteiger partial charge in [0.2, 0.25) is 0 Å². The first-order chi connectivity index (χ1) is 14.4. The molecular weight excluding hydrogens is 387 g/mol. The van der Waals surface area contributed by atoms with Crippen LogP contribution < -0.4 is 0 Å². The lowest BCUT2D eigenvalue weighted by molar-refractivity contribution is 0.00704. The van der Waals surface area contributed by atoms with Crippen LogP contribution in [0.3, 0.4) is 0 Å². The zero-order valence-corrected chi connectivity index (χ0v) is 16.6. The summed E-state index contributed by atoms with van der Waals surface area (Å²) in [7, 11) is 0. The van der Waals surface area contributed by atoms with Crippen LogP contribution >= 0.6 is 0 Å². The average Bonchev–Trinajstić information content (AvgIpc) is 3.34. The van der Waals surface area contributed by atoms with E-state index in [-0.39, 0.29) is 17.6 Å². The van der Waals surface area contributed by atoms with Gasteiger partial charge in [-0.05, 0) is 48.7 Å². The molecule has 2 amide bonds. The van der Waals surface area contributed by atoms with E-state index in [4.69, 9.17) is 4.52 Å². The van der Waals surface area contributed by atoms with Gasteiger partial charge in [0.25, 0.3) is 11.8 Å². The van der Waals surface area contributed by atoms with Crippen molar-refractivity contribution < 1.29 is 18.5 Å². The molecule has 7 nitrogen and oxygen atoms in total. The minimum absolute atomic E-state index is 0.240. The van der Waals surface area contributed by atoms with E-state index < -0.39 is 5.66 Å². The number of benzene rings is 1. The summed E-state index contributed by atoms with van der Waals surface area (Å²) in [6, 6.07) is 8.36. The standard InChI is InChI=1S/C22H19FN4O3/c1-13-10-16(5-6-18(13)23)22-11-15-4-3-7-24-19(15)21(29)27(22)9-8-26(22)20(28)17-12-30-25-14(17)2/h3-7,10,12H,8-9,11H2,1-2H3/t22-/m0/s1. The summed E-state index contributed by atoms with van der Waals surface area (Å²) < 4.78 is 19.0. The summed E-state index contributed by atoms with van der Waals surface area (Å²) in [4.78, 5) is 34.5. The molecule has 1 aromatic carbocycles. The Labute approximate surface area is 172 Å².